The molecular weight excluding hydrogens is 412 g/mol. The van der Waals surface area contributed by atoms with Crippen LogP contribution in [0.4, 0.5) is 0 Å². The molecule has 2 aromatic carbocycles. The van der Waals surface area contributed by atoms with Crippen LogP contribution in [0.15, 0.2) is 48.5 Å². The van der Waals surface area contributed by atoms with Gasteiger partial charge < -0.3 is 9.47 Å². The predicted octanol–water partition coefficient (Wildman–Crippen LogP) is 6.07. The van der Waals surface area contributed by atoms with E-state index in [-0.39, 0.29) is 12.0 Å². The SMILES string of the molecule is COc1ccc(C=C2CC(C(C)(C)C)Cc3c2nc2ccccc2c3C(=O)OCC#N)cc1. The lowest BCUT2D eigenvalue weighted by atomic mass is 9.69. The molecule has 0 radical (unpaired) electrons. The van der Waals surface area contributed by atoms with E-state index in [0.717, 1.165) is 51.9 Å². The molecule has 0 saturated carbocycles. The monoisotopic (exact) mass is 440 g/mol. The smallest absolute Gasteiger partial charge is 0.340 e. The second kappa shape index (κ2) is 9.07. The van der Waals surface area contributed by atoms with Crippen LogP contribution in [0.5, 0.6) is 5.75 Å². The maximum Gasteiger partial charge on any atom is 0.340 e. The van der Waals surface area contributed by atoms with Gasteiger partial charge in [-0.05, 0) is 65.1 Å². The summed E-state index contributed by atoms with van der Waals surface area (Å²) < 4.78 is 10.6. The fraction of sp³-hybridized carbons (Fsp3) is 0.321. The third kappa shape index (κ3) is 4.61. The summed E-state index contributed by atoms with van der Waals surface area (Å²) in [6.07, 6.45) is 3.75. The highest BCUT2D eigenvalue weighted by Crippen LogP contribution is 2.44. The van der Waals surface area contributed by atoms with Crippen molar-refractivity contribution in [1.82, 2.24) is 4.98 Å². The highest BCUT2D eigenvalue weighted by atomic mass is 16.5. The number of hydrogen-bond donors (Lipinski definition) is 0. The topological polar surface area (TPSA) is 72.2 Å². The molecule has 0 amide bonds. The van der Waals surface area contributed by atoms with E-state index in [1.165, 1.54) is 0 Å². The van der Waals surface area contributed by atoms with Gasteiger partial charge in [0.25, 0.3) is 0 Å². The first-order valence-corrected chi connectivity index (χ1v) is 11.1. The standard InChI is InChI=1S/C28H28N2O3/c1-28(2,3)20-16-19(15-18-9-11-21(32-4)12-10-18)26-23(17-20)25(27(31)33-14-13-29)22-7-5-6-8-24(22)30-26/h5-12,15,20H,14,16-17H2,1-4H3. The van der Waals surface area contributed by atoms with E-state index in [1.807, 2.05) is 54.6 Å². The second-order valence-electron chi connectivity index (χ2n) is 9.48. The van der Waals surface area contributed by atoms with Gasteiger partial charge in [-0.3, -0.25) is 0 Å². The van der Waals surface area contributed by atoms with Gasteiger partial charge in [0.1, 0.15) is 11.8 Å². The number of carbonyl (C=O) groups excluding carboxylic acids is 1. The van der Waals surface area contributed by atoms with Crippen molar-refractivity contribution in [3.8, 4) is 11.8 Å². The molecule has 1 aliphatic rings. The van der Waals surface area contributed by atoms with Crippen molar-refractivity contribution in [3.63, 3.8) is 0 Å². The van der Waals surface area contributed by atoms with Gasteiger partial charge in [0, 0.05) is 5.39 Å². The fourth-order valence-corrected chi connectivity index (χ4v) is 4.44. The fourth-order valence-electron chi connectivity index (χ4n) is 4.44. The van der Waals surface area contributed by atoms with Crippen LogP contribution in [0, 0.1) is 22.7 Å². The Kier molecular flexibility index (Phi) is 6.20. The number of nitriles is 1. The van der Waals surface area contributed by atoms with E-state index in [1.54, 1.807) is 7.11 Å². The van der Waals surface area contributed by atoms with E-state index >= 15 is 0 Å². The molecule has 0 fully saturated rings. The average Bonchev–Trinajstić information content (AvgIpc) is 2.81. The summed E-state index contributed by atoms with van der Waals surface area (Å²) in [6.45, 7) is 6.42. The van der Waals surface area contributed by atoms with Crippen LogP contribution in [0.25, 0.3) is 22.6 Å². The number of aromatic nitrogens is 1. The second-order valence-corrected chi connectivity index (χ2v) is 9.48. The Labute approximate surface area is 194 Å². The van der Waals surface area contributed by atoms with Crippen molar-refractivity contribution < 1.29 is 14.3 Å². The lowest BCUT2D eigenvalue weighted by molar-refractivity contribution is 0.0555. The number of rotatable bonds is 4. The van der Waals surface area contributed by atoms with Crippen LogP contribution in [0.1, 0.15) is 54.4 Å². The van der Waals surface area contributed by atoms with Gasteiger partial charge in [-0.2, -0.15) is 5.26 Å². The molecule has 33 heavy (non-hydrogen) atoms. The van der Waals surface area contributed by atoms with Gasteiger partial charge in [0.15, 0.2) is 6.61 Å². The van der Waals surface area contributed by atoms with Crippen molar-refractivity contribution >= 4 is 28.5 Å². The Balaban J connectivity index is 1.94. The third-order valence-corrected chi connectivity index (χ3v) is 6.37. The summed E-state index contributed by atoms with van der Waals surface area (Å²) in [5.41, 5.74) is 5.21. The summed E-state index contributed by atoms with van der Waals surface area (Å²) in [5.74, 6) is 0.658. The molecule has 0 aliphatic heterocycles. The zero-order chi connectivity index (χ0) is 23.6. The molecule has 1 aliphatic carbocycles. The van der Waals surface area contributed by atoms with Crippen LogP contribution in [-0.2, 0) is 11.2 Å². The normalized spacial score (nSPS) is 16.8. The maximum atomic E-state index is 13.1. The Morgan fingerprint density at radius 2 is 1.88 bits per heavy atom. The highest BCUT2D eigenvalue weighted by Gasteiger charge is 2.35. The van der Waals surface area contributed by atoms with Gasteiger partial charge in [-0.1, -0.05) is 51.1 Å². The molecule has 4 rings (SSSR count). The predicted molar refractivity (Wildman–Crippen MR) is 130 cm³/mol. The van der Waals surface area contributed by atoms with Crippen LogP contribution in [0.2, 0.25) is 0 Å². The van der Waals surface area contributed by atoms with Crippen LogP contribution < -0.4 is 4.74 Å². The summed E-state index contributed by atoms with van der Waals surface area (Å²) in [6, 6.07) is 17.5. The quantitative estimate of drug-likeness (QED) is 0.460. The number of allylic oxidation sites excluding steroid dienone is 1. The van der Waals surface area contributed by atoms with E-state index in [4.69, 9.17) is 19.7 Å². The molecule has 1 heterocycles. The number of ether oxygens (including phenoxy) is 2. The van der Waals surface area contributed by atoms with Crippen LogP contribution in [-0.4, -0.2) is 24.7 Å². The molecule has 168 valence electrons. The first-order valence-electron chi connectivity index (χ1n) is 11.1. The molecular formula is C28H28N2O3. The first-order chi connectivity index (χ1) is 15.8. The van der Waals surface area contributed by atoms with E-state index in [2.05, 4.69) is 26.8 Å². The van der Waals surface area contributed by atoms with Gasteiger partial charge in [0.05, 0.1) is 23.9 Å². The number of para-hydroxylation sites is 1. The highest BCUT2D eigenvalue weighted by molar-refractivity contribution is 6.06. The lowest BCUT2D eigenvalue weighted by Crippen LogP contribution is -2.28. The van der Waals surface area contributed by atoms with E-state index in [0.29, 0.717) is 11.5 Å². The number of fused-ring (bicyclic) bond motifs is 2. The number of methoxy groups -OCH3 is 1. The average molecular weight is 441 g/mol. The van der Waals surface area contributed by atoms with Crippen molar-refractivity contribution in [2.45, 2.75) is 33.6 Å². The lowest BCUT2D eigenvalue weighted by Gasteiger charge is -2.36. The van der Waals surface area contributed by atoms with Crippen molar-refractivity contribution in [3.05, 3.63) is 70.9 Å². The molecule has 1 aromatic heterocycles. The summed E-state index contributed by atoms with van der Waals surface area (Å²) in [4.78, 5) is 18.1. The van der Waals surface area contributed by atoms with Gasteiger partial charge >= 0.3 is 5.97 Å². The van der Waals surface area contributed by atoms with E-state index < -0.39 is 5.97 Å². The zero-order valence-electron chi connectivity index (χ0n) is 19.5. The largest absolute Gasteiger partial charge is 0.497 e. The molecule has 0 bridgehead atoms. The van der Waals surface area contributed by atoms with Crippen LogP contribution in [0.3, 0.4) is 0 Å². The molecule has 5 heteroatoms. The zero-order valence-corrected chi connectivity index (χ0v) is 19.5. The minimum Gasteiger partial charge on any atom is -0.497 e. The number of esters is 1. The number of hydrogen-bond acceptors (Lipinski definition) is 5. The molecule has 5 nitrogen and oxygen atoms in total. The molecule has 3 aromatic rings. The van der Waals surface area contributed by atoms with Crippen LogP contribution >= 0.6 is 0 Å². The summed E-state index contributed by atoms with van der Waals surface area (Å²) >= 11 is 0. The summed E-state index contributed by atoms with van der Waals surface area (Å²) in [7, 11) is 1.65. The molecule has 1 atom stereocenters. The minimum atomic E-state index is -0.468. The Morgan fingerprint density at radius 3 is 2.55 bits per heavy atom. The third-order valence-electron chi connectivity index (χ3n) is 6.37. The Hall–Kier alpha value is -3.65. The Bertz CT molecular complexity index is 1260. The van der Waals surface area contributed by atoms with Gasteiger partial charge in [0.2, 0.25) is 0 Å². The minimum absolute atomic E-state index is 0.0379. The first kappa shape index (κ1) is 22.5. The molecule has 0 saturated heterocycles. The van der Waals surface area contributed by atoms with Crippen molar-refractivity contribution in [2.24, 2.45) is 11.3 Å². The molecule has 0 N–H and O–H groups in total. The van der Waals surface area contributed by atoms with Crippen molar-refractivity contribution in [2.75, 3.05) is 13.7 Å². The molecule has 1 unspecified atom stereocenters. The van der Waals surface area contributed by atoms with Gasteiger partial charge in [-0.25, -0.2) is 9.78 Å². The van der Waals surface area contributed by atoms with E-state index in [9.17, 15) is 4.79 Å². The maximum absolute atomic E-state index is 13.1. The number of nitrogens with zero attached hydrogens (tertiary/aromatic N) is 2. The number of benzene rings is 2. The summed E-state index contributed by atoms with van der Waals surface area (Å²) in [5, 5.41) is 9.71. The number of pyridine rings is 1. The number of carbonyl (C=O) groups is 1. The van der Waals surface area contributed by atoms with Crippen molar-refractivity contribution in [1.29, 1.82) is 5.26 Å². The van der Waals surface area contributed by atoms with Gasteiger partial charge in [-0.15, -0.1) is 0 Å². The molecule has 0 spiro atoms. The Morgan fingerprint density at radius 1 is 1.15 bits per heavy atom.